The van der Waals surface area contributed by atoms with Crippen molar-refractivity contribution in [3.63, 3.8) is 0 Å². The first-order valence-corrected chi connectivity index (χ1v) is 6.49. The molecule has 0 aromatic carbocycles. The van der Waals surface area contributed by atoms with Gasteiger partial charge in [0.05, 0.1) is 19.8 Å². The van der Waals surface area contributed by atoms with E-state index in [1.165, 1.54) is 0 Å². The van der Waals surface area contributed by atoms with Gasteiger partial charge in [-0.1, -0.05) is 0 Å². The molecule has 134 valence electrons. The van der Waals surface area contributed by atoms with Gasteiger partial charge in [-0.15, -0.1) is 9.46 Å². The first-order chi connectivity index (χ1) is 10.3. The van der Waals surface area contributed by atoms with Gasteiger partial charge in [0.25, 0.3) is 25.6 Å². The molecule has 14 heteroatoms. The molecule has 0 aliphatic carbocycles. The van der Waals surface area contributed by atoms with Crippen LogP contribution in [0, 0.1) is 5.92 Å². The topological polar surface area (TPSA) is 46.2 Å². The normalized spacial score (nSPS) is 16.5. The molecular formula is C8H11F8O5P. The van der Waals surface area contributed by atoms with Crippen molar-refractivity contribution in [3.05, 3.63) is 0 Å². The van der Waals surface area contributed by atoms with Crippen molar-refractivity contribution in [2.45, 2.75) is 25.6 Å². The van der Waals surface area contributed by atoms with Crippen molar-refractivity contribution < 1.29 is 58.8 Å². The van der Waals surface area contributed by atoms with Crippen LogP contribution in [-0.4, -0.2) is 45.4 Å². The molecule has 0 aliphatic heterocycles. The van der Waals surface area contributed by atoms with Crippen LogP contribution in [0.15, 0.2) is 0 Å². The van der Waals surface area contributed by atoms with Gasteiger partial charge >= 0.3 is 8.60 Å². The zero-order valence-corrected chi connectivity index (χ0v) is 11.4. The highest BCUT2D eigenvalue weighted by Crippen LogP contribution is 2.40. The maximum absolute atomic E-state index is 12.5. The van der Waals surface area contributed by atoms with Gasteiger partial charge in [-0.05, 0) is 9.05 Å². The maximum atomic E-state index is 12.5. The average Bonchev–Trinajstić information content (AvgIpc) is 2.48. The highest BCUT2D eigenvalue weighted by atomic mass is 31.2. The average molecular weight is 370 g/mol. The summed E-state index contributed by atoms with van der Waals surface area (Å²) in [4.78, 5) is 0. The number of hydrogen-bond acceptors (Lipinski definition) is 5. The third kappa shape index (κ3) is 9.64. The zero-order chi connectivity index (χ0) is 17.1. The highest BCUT2D eigenvalue weighted by molar-refractivity contribution is 7.41. The lowest BCUT2D eigenvalue weighted by Crippen LogP contribution is -2.28. The minimum absolute atomic E-state index is 0.800. The van der Waals surface area contributed by atoms with Crippen molar-refractivity contribution in [2.24, 2.45) is 5.92 Å². The van der Waals surface area contributed by atoms with Crippen LogP contribution < -0.4 is 0 Å². The minimum Gasteiger partial charge on any atom is -0.343 e. The fourth-order valence-corrected chi connectivity index (χ4v) is 1.40. The van der Waals surface area contributed by atoms with Gasteiger partial charge in [0.2, 0.25) is 0 Å². The first kappa shape index (κ1) is 21.7. The molecule has 0 heterocycles. The van der Waals surface area contributed by atoms with Crippen molar-refractivity contribution >= 4 is 8.60 Å². The Balaban J connectivity index is 4.35. The molecule has 0 aromatic heterocycles. The summed E-state index contributed by atoms with van der Waals surface area (Å²) in [6.07, 6.45) is -13.0. The summed E-state index contributed by atoms with van der Waals surface area (Å²) in [5.41, 5.74) is 0. The molecule has 5 nitrogen and oxygen atoms in total. The minimum atomic E-state index is -3.49. The molecule has 0 fully saturated rings. The molecule has 0 radical (unpaired) electrons. The van der Waals surface area contributed by atoms with E-state index in [1.807, 2.05) is 0 Å². The van der Waals surface area contributed by atoms with E-state index >= 15 is 0 Å². The standard InChI is InChI=1S/C8H11F8O5P/c9-5(10)7(13)17-1-4(2-18-8(14)6(11)12)3-19-22(20-15)21-16/h4-8H,1-3H2. The molecule has 0 spiro atoms. The van der Waals surface area contributed by atoms with Gasteiger partial charge in [0.1, 0.15) is 0 Å². The Kier molecular flexibility index (Phi) is 12.0. The highest BCUT2D eigenvalue weighted by Gasteiger charge is 2.26. The molecule has 0 saturated carbocycles. The lowest BCUT2D eigenvalue weighted by molar-refractivity contribution is -0.165. The molecule has 0 saturated heterocycles. The number of alkyl halides is 6. The van der Waals surface area contributed by atoms with Gasteiger partial charge in [0.15, 0.2) is 0 Å². The maximum Gasteiger partial charge on any atom is 0.403 e. The van der Waals surface area contributed by atoms with E-state index in [4.69, 9.17) is 0 Å². The molecule has 0 rings (SSSR count). The van der Waals surface area contributed by atoms with E-state index in [2.05, 4.69) is 23.5 Å². The molecule has 0 N–H and O–H groups in total. The van der Waals surface area contributed by atoms with Crippen LogP contribution in [-0.2, 0) is 23.5 Å². The second-order valence-corrected chi connectivity index (χ2v) is 4.54. The molecule has 0 amide bonds. The monoisotopic (exact) mass is 370 g/mol. The molecule has 0 aromatic rings. The summed E-state index contributed by atoms with van der Waals surface area (Å²) >= 11 is 0. The van der Waals surface area contributed by atoms with E-state index in [0.29, 0.717) is 0 Å². The van der Waals surface area contributed by atoms with Gasteiger partial charge < -0.3 is 14.0 Å². The van der Waals surface area contributed by atoms with Crippen molar-refractivity contribution in [2.75, 3.05) is 19.8 Å². The number of rotatable bonds is 13. The van der Waals surface area contributed by atoms with Gasteiger partial charge in [-0.25, -0.2) is 26.3 Å². The number of hydrogen-bond donors (Lipinski definition) is 0. The Hall–Kier alpha value is -0.330. The van der Waals surface area contributed by atoms with Crippen molar-refractivity contribution in [1.82, 2.24) is 0 Å². The molecule has 0 bridgehead atoms. The smallest absolute Gasteiger partial charge is 0.343 e. The number of halogens is 8. The van der Waals surface area contributed by atoms with E-state index in [1.54, 1.807) is 0 Å². The van der Waals surface area contributed by atoms with Gasteiger partial charge in [-0.2, -0.15) is 0 Å². The van der Waals surface area contributed by atoms with Crippen LogP contribution in [0.1, 0.15) is 0 Å². The Bertz CT molecular complexity index is 249. The predicted molar refractivity (Wildman–Crippen MR) is 54.5 cm³/mol. The zero-order valence-electron chi connectivity index (χ0n) is 10.5. The Morgan fingerprint density at radius 1 is 0.682 bits per heavy atom. The predicted octanol–water partition coefficient (Wildman–Crippen LogP) is 3.80. The molecule has 22 heavy (non-hydrogen) atoms. The first-order valence-electron chi connectivity index (χ1n) is 5.39. The van der Waals surface area contributed by atoms with Crippen LogP contribution in [0.25, 0.3) is 0 Å². The summed E-state index contributed by atoms with van der Waals surface area (Å²) < 4.78 is 114. The van der Waals surface area contributed by atoms with Crippen LogP contribution >= 0.6 is 8.60 Å². The van der Waals surface area contributed by atoms with Crippen LogP contribution in [0.3, 0.4) is 0 Å². The van der Waals surface area contributed by atoms with Crippen molar-refractivity contribution in [3.8, 4) is 0 Å². The largest absolute Gasteiger partial charge is 0.403 e. The summed E-state index contributed by atoms with van der Waals surface area (Å²) in [5.74, 6) is -1.32. The second kappa shape index (κ2) is 12.1. The van der Waals surface area contributed by atoms with E-state index in [0.717, 1.165) is 0 Å². The third-order valence-electron chi connectivity index (χ3n) is 1.91. The van der Waals surface area contributed by atoms with Gasteiger partial charge in [0, 0.05) is 5.92 Å². The fourth-order valence-electron chi connectivity index (χ4n) is 0.963. The van der Waals surface area contributed by atoms with Crippen LogP contribution in [0.4, 0.5) is 35.4 Å². The quantitative estimate of drug-likeness (QED) is 0.365. The molecule has 2 atom stereocenters. The summed E-state index contributed by atoms with van der Waals surface area (Å²) in [5, 5.41) is 0. The lowest BCUT2D eigenvalue weighted by atomic mass is 10.2. The van der Waals surface area contributed by atoms with E-state index in [-0.39, 0.29) is 0 Å². The molecule has 0 aliphatic rings. The third-order valence-corrected chi connectivity index (χ3v) is 2.49. The lowest BCUT2D eigenvalue weighted by Gasteiger charge is -2.20. The Morgan fingerprint density at radius 3 is 1.41 bits per heavy atom. The summed E-state index contributed by atoms with van der Waals surface area (Å²) in [7, 11) is -3.09. The molecule has 2 unspecified atom stereocenters. The van der Waals surface area contributed by atoms with E-state index < -0.39 is 59.9 Å². The SMILES string of the molecule is FOP(OF)OCC(COC(F)C(F)F)COC(F)C(F)F. The summed E-state index contributed by atoms with van der Waals surface area (Å²) in [6, 6.07) is 0. The Labute approximate surface area is 120 Å². The van der Waals surface area contributed by atoms with Crippen LogP contribution in [0.5, 0.6) is 0 Å². The van der Waals surface area contributed by atoms with Gasteiger partial charge in [-0.3, -0.25) is 0 Å². The Morgan fingerprint density at radius 2 is 1.09 bits per heavy atom. The van der Waals surface area contributed by atoms with Crippen molar-refractivity contribution in [1.29, 1.82) is 0 Å². The molecular weight excluding hydrogens is 359 g/mol. The number of ether oxygens (including phenoxy) is 2. The van der Waals surface area contributed by atoms with Crippen LogP contribution in [0.2, 0.25) is 0 Å². The summed E-state index contributed by atoms with van der Waals surface area (Å²) in [6.45, 7) is -2.60. The fraction of sp³-hybridized carbons (Fsp3) is 1.00. The second-order valence-electron chi connectivity index (χ2n) is 3.56. The van der Waals surface area contributed by atoms with E-state index in [9.17, 15) is 35.4 Å².